The lowest BCUT2D eigenvalue weighted by Gasteiger charge is -2.13. The summed E-state index contributed by atoms with van der Waals surface area (Å²) in [5.74, 6) is 0.775. The van der Waals surface area contributed by atoms with Gasteiger partial charge in [-0.1, -0.05) is 50.6 Å². The van der Waals surface area contributed by atoms with Crippen LogP contribution >= 0.6 is 11.3 Å². The fraction of sp³-hybridized carbons (Fsp3) is 0.261. The fourth-order valence-corrected chi connectivity index (χ4v) is 3.78. The Kier molecular flexibility index (Phi) is 5.65. The van der Waals surface area contributed by atoms with Crippen LogP contribution in [0.3, 0.4) is 0 Å². The highest BCUT2D eigenvalue weighted by Crippen LogP contribution is 2.26. The average Bonchev–Trinajstić information content (AvgIpc) is 3.36. The van der Waals surface area contributed by atoms with E-state index in [4.69, 9.17) is 0 Å². The van der Waals surface area contributed by atoms with E-state index < -0.39 is 0 Å². The van der Waals surface area contributed by atoms with Gasteiger partial charge in [0.05, 0.1) is 17.8 Å². The second kappa shape index (κ2) is 8.39. The maximum Gasteiger partial charge on any atom is 0.252 e. The van der Waals surface area contributed by atoms with Crippen molar-refractivity contribution in [3.63, 3.8) is 0 Å². The topological polar surface area (TPSA) is 85.6 Å². The molecule has 158 valence electrons. The molecule has 1 aromatic carbocycles. The Morgan fingerprint density at radius 3 is 2.52 bits per heavy atom. The van der Waals surface area contributed by atoms with E-state index in [2.05, 4.69) is 65.2 Å². The zero-order chi connectivity index (χ0) is 22.0. The van der Waals surface area contributed by atoms with Crippen molar-refractivity contribution < 1.29 is 4.79 Å². The molecule has 4 aromatic rings. The number of aromatic nitrogens is 5. The van der Waals surface area contributed by atoms with Gasteiger partial charge in [0.2, 0.25) is 5.91 Å². The smallest absolute Gasteiger partial charge is 0.252 e. The lowest BCUT2D eigenvalue weighted by molar-refractivity contribution is -0.115. The van der Waals surface area contributed by atoms with Crippen molar-refractivity contribution >= 4 is 23.1 Å². The van der Waals surface area contributed by atoms with Crippen molar-refractivity contribution in [2.75, 3.05) is 5.32 Å². The number of carbonyl (C=O) groups is 1. The van der Waals surface area contributed by atoms with Crippen LogP contribution < -0.4 is 5.32 Å². The Balaban J connectivity index is 1.53. The van der Waals surface area contributed by atoms with Crippen molar-refractivity contribution in [2.24, 2.45) is 0 Å². The van der Waals surface area contributed by atoms with Gasteiger partial charge in [0, 0.05) is 34.8 Å². The number of hydrogen-bond donors (Lipinski definition) is 1. The lowest BCUT2D eigenvalue weighted by Crippen LogP contribution is -2.18. The predicted octanol–water partition coefficient (Wildman–Crippen LogP) is 4.57. The average molecular weight is 433 g/mol. The zero-order valence-corrected chi connectivity index (χ0v) is 18.8. The third-order valence-electron chi connectivity index (χ3n) is 4.68. The number of aryl methyl sites for hydroxylation is 1. The summed E-state index contributed by atoms with van der Waals surface area (Å²) in [6.07, 6.45) is 3.47. The highest BCUT2D eigenvalue weighted by Gasteiger charge is 2.22. The third-order valence-corrected chi connectivity index (χ3v) is 5.62. The Hall–Kier alpha value is -3.39. The summed E-state index contributed by atoms with van der Waals surface area (Å²) < 4.78 is 1.57. The van der Waals surface area contributed by atoms with Gasteiger partial charge < -0.3 is 5.32 Å². The van der Waals surface area contributed by atoms with Crippen LogP contribution in [0.2, 0.25) is 0 Å². The van der Waals surface area contributed by atoms with E-state index in [9.17, 15) is 4.79 Å². The molecule has 31 heavy (non-hydrogen) atoms. The number of rotatable bonds is 5. The molecule has 0 saturated heterocycles. The molecule has 0 aliphatic rings. The molecular formula is C23H24N6OS. The quantitative estimate of drug-likeness (QED) is 0.499. The first-order valence-corrected chi connectivity index (χ1v) is 10.9. The van der Waals surface area contributed by atoms with Crippen LogP contribution in [0.15, 0.2) is 54.2 Å². The number of amides is 1. The van der Waals surface area contributed by atoms with E-state index in [1.54, 1.807) is 23.1 Å². The summed E-state index contributed by atoms with van der Waals surface area (Å²) in [5, 5.41) is 10.4. The molecule has 0 atom stereocenters. The van der Waals surface area contributed by atoms with Gasteiger partial charge in [-0.3, -0.25) is 4.79 Å². The van der Waals surface area contributed by atoms with Gasteiger partial charge in [-0.25, -0.2) is 15.0 Å². The molecule has 0 unspecified atom stereocenters. The summed E-state index contributed by atoms with van der Waals surface area (Å²) in [6, 6.07) is 11.8. The summed E-state index contributed by atoms with van der Waals surface area (Å²) in [4.78, 5) is 25.9. The Morgan fingerprint density at radius 1 is 1.13 bits per heavy atom. The van der Waals surface area contributed by atoms with E-state index in [1.165, 1.54) is 16.9 Å². The van der Waals surface area contributed by atoms with Crippen LogP contribution in [-0.2, 0) is 16.6 Å². The van der Waals surface area contributed by atoms with E-state index in [-0.39, 0.29) is 17.7 Å². The van der Waals surface area contributed by atoms with Crippen molar-refractivity contribution in [1.82, 2.24) is 24.7 Å². The van der Waals surface area contributed by atoms with E-state index in [1.807, 2.05) is 23.6 Å². The minimum absolute atomic E-state index is 0.168. The van der Waals surface area contributed by atoms with Crippen LogP contribution in [0.1, 0.15) is 37.7 Å². The molecule has 0 bridgehead atoms. The monoisotopic (exact) mass is 432 g/mol. The highest BCUT2D eigenvalue weighted by molar-refractivity contribution is 7.13. The molecule has 3 aromatic heterocycles. The lowest BCUT2D eigenvalue weighted by atomic mass is 9.92. The van der Waals surface area contributed by atoms with E-state index in [0.29, 0.717) is 11.8 Å². The van der Waals surface area contributed by atoms with Crippen molar-refractivity contribution in [1.29, 1.82) is 0 Å². The molecule has 0 aliphatic carbocycles. The zero-order valence-electron chi connectivity index (χ0n) is 18.0. The number of nitrogens with zero attached hydrogens (tertiary/aromatic N) is 5. The molecule has 8 heteroatoms. The number of carbonyl (C=O) groups excluding carboxylic acids is 1. The van der Waals surface area contributed by atoms with Crippen LogP contribution in [0.5, 0.6) is 0 Å². The normalized spacial score (nSPS) is 11.5. The van der Waals surface area contributed by atoms with E-state index in [0.717, 1.165) is 22.0 Å². The molecule has 0 aliphatic heterocycles. The number of nitrogens with one attached hydrogen (secondary N) is 1. The van der Waals surface area contributed by atoms with Crippen molar-refractivity contribution in [3.8, 4) is 16.5 Å². The molecule has 0 saturated carbocycles. The van der Waals surface area contributed by atoms with Gasteiger partial charge in [0.1, 0.15) is 10.8 Å². The first-order valence-electron chi connectivity index (χ1n) is 9.99. The summed E-state index contributed by atoms with van der Waals surface area (Å²) >= 11 is 1.54. The molecule has 1 N–H and O–H groups in total. The SMILES string of the molecule is Cc1ccc(-c2nc(CC(=O)Nc3cc(C(C)(C)C)nn3-c3ncccn3)cs2)cc1. The van der Waals surface area contributed by atoms with Crippen LogP contribution in [0, 0.1) is 6.92 Å². The largest absolute Gasteiger partial charge is 0.310 e. The van der Waals surface area contributed by atoms with Crippen LogP contribution in [0.25, 0.3) is 16.5 Å². The molecular weight excluding hydrogens is 408 g/mol. The van der Waals surface area contributed by atoms with Gasteiger partial charge in [0.15, 0.2) is 0 Å². The Morgan fingerprint density at radius 2 is 1.84 bits per heavy atom. The minimum Gasteiger partial charge on any atom is -0.310 e. The molecule has 4 rings (SSSR count). The molecule has 1 amide bonds. The van der Waals surface area contributed by atoms with Crippen molar-refractivity contribution in [2.45, 2.75) is 39.5 Å². The van der Waals surface area contributed by atoms with Crippen LogP contribution in [0.4, 0.5) is 5.82 Å². The van der Waals surface area contributed by atoms with Crippen LogP contribution in [-0.4, -0.2) is 30.6 Å². The standard InChI is InChI=1S/C23H24N6OS/c1-15-6-8-16(9-7-15)21-26-17(14-31-21)12-20(30)27-19-13-18(23(2,3)4)28-29(19)22-24-10-5-11-25-22/h5-11,13-14H,12H2,1-4H3,(H,27,30). The second-order valence-electron chi connectivity index (χ2n) is 8.36. The summed E-state index contributed by atoms with van der Waals surface area (Å²) in [6.45, 7) is 8.26. The third kappa shape index (κ3) is 4.86. The van der Waals surface area contributed by atoms with Gasteiger partial charge in [0.25, 0.3) is 5.95 Å². The molecule has 3 heterocycles. The Bertz CT molecular complexity index is 1190. The molecule has 0 spiro atoms. The maximum absolute atomic E-state index is 12.8. The number of thiazole rings is 1. The first-order chi connectivity index (χ1) is 14.8. The van der Waals surface area contributed by atoms with Gasteiger partial charge >= 0.3 is 0 Å². The molecule has 0 radical (unpaired) electrons. The van der Waals surface area contributed by atoms with Crippen molar-refractivity contribution in [3.05, 3.63) is 71.1 Å². The highest BCUT2D eigenvalue weighted by atomic mass is 32.1. The maximum atomic E-state index is 12.8. The minimum atomic E-state index is -0.183. The number of anilines is 1. The first kappa shape index (κ1) is 20.9. The number of benzene rings is 1. The molecule has 0 fully saturated rings. The summed E-state index contributed by atoms with van der Waals surface area (Å²) in [5.41, 5.74) is 3.64. The fourth-order valence-electron chi connectivity index (χ4n) is 2.96. The predicted molar refractivity (Wildman–Crippen MR) is 122 cm³/mol. The Labute approximate surface area is 185 Å². The number of hydrogen-bond acceptors (Lipinski definition) is 6. The summed E-state index contributed by atoms with van der Waals surface area (Å²) in [7, 11) is 0. The van der Waals surface area contributed by atoms with Gasteiger partial charge in [-0.2, -0.15) is 9.78 Å². The van der Waals surface area contributed by atoms with Gasteiger partial charge in [-0.05, 0) is 13.0 Å². The second-order valence-corrected chi connectivity index (χ2v) is 9.22. The molecule has 7 nitrogen and oxygen atoms in total. The van der Waals surface area contributed by atoms with E-state index >= 15 is 0 Å². The van der Waals surface area contributed by atoms with Gasteiger partial charge in [-0.15, -0.1) is 11.3 Å².